The lowest BCUT2D eigenvalue weighted by molar-refractivity contribution is 0.0950. The van der Waals surface area contributed by atoms with Crippen LogP contribution in [0.15, 0.2) is 24.3 Å². The van der Waals surface area contributed by atoms with Gasteiger partial charge in [0.25, 0.3) is 5.91 Å². The third kappa shape index (κ3) is 5.77. The minimum atomic E-state index is 0.00320. The van der Waals surface area contributed by atoms with Crippen molar-refractivity contribution in [3.63, 3.8) is 0 Å². The minimum absolute atomic E-state index is 0.00320. The summed E-state index contributed by atoms with van der Waals surface area (Å²) in [6, 6.07) is 7.67. The summed E-state index contributed by atoms with van der Waals surface area (Å²) in [6.07, 6.45) is 2.02. The Bertz CT molecular complexity index is 407. The maximum Gasteiger partial charge on any atom is 0.253 e. The van der Waals surface area contributed by atoms with E-state index in [0.29, 0.717) is 6.54 Å². The van der Waals surface area contributed by atoms with Crippen LogP contribution in [-0.2, 0) is 0 Å². The number of nitrogens with one attached hydrogen (secondary N) is 2. The van der Waals surface area contributed by atoms with Gasteiger partial charge in [-0.25, -0.2) is 0 Å². The van der Waals surface area contributed by atoms with Crippen molar-refractivity contribution in [2.45, 2.75) is 40.5 Å². The molecule has 1 amide bonds. The third-order valence-corrected chi connectivity index (χ3v) is 2.90. The fourth-order valence-corrected chi connectivity index (χ4v) is 1.74. The van der Waals surface area contributed by atoms with Gasteiger partial charge in [-0.3, -0.25) is 4.79 Å². The lowest BCUT2D eigenvalue weighted by atomic mass is 9.92. The molecular formula is C16H26N2O. The average Bonchev–Trinajstić information content (AvgIpc) is 2.35. The second-order valence-electron chi connectivity index (χ2n) is 6.04. The third-order valence-electron chi connectivity index (χ3n) is 2.90. The zero-order chi connectivity index (χ0) is 14.3. The quantitative estimate of drug-likeness (QED) is 0.821. The number of carbonyl (C=O) groups is 1. The smallest absolute Gasteiger partial charge is 0.253 e. The topological polar surface area (TPSA) is 41.1 Å². The Balaban J connectivity index is 2.61. The van der Waals surface area contributed by atoms with E-state index in [1.54, 1.807) is 0 Å². The molecule has 0 aliphatic rings. The van der Waals surface area contributed by atoms with Gasteiger partial charge in [0, 0.05) is 18.8 Å². The summed E-state index contributed by atoms with van der Waals surface area (Å²) in [4.78, 5) is 12.2. The lowest BCUT2D eigenvalue weighted by Gasteiger charge is -2.18. The van der Waals surface area contributed by atoms with Crippen molar-refractivity contribution >= 4 is 11.6 Å². The molecule has 2 N–H and O–H groups in total. The molecule has 1 aromatic rings. The predicted molar refractivity (Wildman–Crippen MR) is 81.6 cm³/mol. The molecule has 0 fully saturated rings. The second-order valence-corrected chi connectivity index (χ2v) is 6.04. The van der Waals surface area contributed by atoms with Crippen molar-refractivity contribution in [2.24, 2.45) is 5.41 Å². The molecule has 0 aliphatic carbocycles. The average molecular weight is 262 g/mol. The van der Waals surface area contributed by atoms with Crippen LogP contribution in [-0.4, -0.2) is 19.0 Å². The van der Waals surface area contributed by atoms with E-state index in [4.69, 9.17) is 0 Å². The molecule has 3 heteroatoms. The summed E-state index contributed by atoms with van der Waals surface area (Å²) < 4.78 is 0. The van der Waals surface area contributed by atoms with Gasteiger partial charge in [0.1, 0.15) is 0 Å². The van der Waals surface area contributed by atoms with Gasteiger partial charge in [-0.15, -0.1) is 0 Å². The fraction of sp³-hybridized carbons (Fsp3) is 0.562. The Morgan fingerprint density at radius 2 is 1.84 bits per heavy atom. The van der Waals surface area contributed by atoms with E-state index >= 15 is 0 Å². The SMILES string of the molecule is CCCNc1ccccc1C(=O)NCCC(C)(C)C. The number of amides is 1. The van der Waals surface area contributed by atoms with Gasteiger partial charge in [-0.05, 0) is 30.4 Å². The lowest BCUT2D eigenvalue weighted by Crippen LogP contribution is -2.28. The first-order valence-electron chi connectivity index (χ1n) is 7.05. The van der Waals surface area contributed by atoms with Crippen molar-refractivity contribution in [2.75, 3.05) is 18.4 Å². The van der Waals surface area contributed by atoms with E-state index in [0.717, 1.165) is 30.6 Å². The first kappa shape index (κ1) is 15.5. The number of hydrogen-bond donors (Lipinski definition) is 2. The molecule has 3 nitrogen and oxygen atoms in total. The highest BCUT2D eigenvalue weighted by atomic mass is 16.1. The molecular weight excluding hydrogens is 236 g/mol. The normalized spacial score (nSPS) is 11.2. The maximum atomic E-state index is 12.2. The maximum absolute atomic E-state index is 12.2. The zero-order valence-electron chi connectivity index (χ0n) is 12.5. The predicted octanol–water partition coefficient (Wildman–Crippen LogP) is 3.67. The van der Waals surface area contributed by atoms with Gasteiger partial charge < -0.3 is 10.6 Å². The molecule has 0 aromatic heterocycles. The summed E-state index contributed by atoms with van der Waals surface area (Å²) in [5, 5.41) is 6.28. The number of carbonyl (C=O) groups excluding carboxylic acids is 1. The Morgan fingerprint density at radius 1 is 1.16 bits per heavy atom. The molecule has 0 saturated carbocycles. The van der Waals surface area contributed by atoms with E-state index in [9.17, 15) is 4.79 Å². The van der Waals surface area contributed by atoms with Gasteiger partial charge >= 0.3 is 0 Å². The van der Waals surface area contributed by atoms with Crippen LogP contribution < -0.4 is 10.6 Å². The van der Waals surface area contributed by atoms with Crippen molar-refractivity contribution in [3.8, 4) is 0 Å². The molecule has 1 aromatic carbocycles. The van der Waals surface area contributed by atoms with Gasteiger partial charge in [-0.2, -0.15) is 0 Å². The largest absolute Gasteiger partial charge is 0.384 e. The highest BCUT2D eigenvalue weighted by Gasteiger charge is 2.13. The van der Waals surface area contributed by atoms with Crippen LogP contribution in [0.5, 0.6) is 0 Å². The van der Waals surface area contributed by atoms with E-state index in [-0.39, 0.29) is 11.3 Å². The Kier molecular flexibility index (Phi) is 5.87. The fourth-order valence-electron chi connectivity index (χ4n) is 1.74. The number of para-hydroxylation sites is 1. The number of anilines is 1. The van der Waals surface area contributed by atoms with Crippen LogP contribution in [0.3, 0.4) is 0 Å². The van der Waals surface area contributed by atoms with Gasteiger partial charge in [-0.1, -0.05) is 39.8 Å². The van der Waals surface area contributed by atoms with E-state index < -0.39 is 0 Å². The van der Waals surface area contributed by atoms with Crippen LogP contribution in [0.1, 0.15) is 50.9 Å². The van der Waals surface area contributed by atoms with Gasteiger partial charge in [0.05, 0.1) is 5.56 Å². The van der Waals surface area contributed by atoms with Crippen LogP contribution in [0.4, 0.5) is 5.69 Å². The van der Waals surface area contributed by atoms with E-state index in [1.165, 1.54) is 0 Å². The Labute approximate surface area is 116 Å². The second kappa shape index (κ2) is 7.17. The van der Waals surface area contributed by atoms with Gasteiger partial charge in [0.2, 0.25) is 0 Å². The summed E-state index contributed by atoms with van der Waals surface area (Å²) in [5.74, 6) is 0.00320. The van der Waals surface area contributed by atoms with E-state index in [1.807, 2.05) is 24.3 Å². The first-order chi connectivity index (χ1) is 8.94. The van der Waals surface area contributed by atoms with Crippen LogP contribution in [0, 0.1) is 5.41 Å². The zero-order valence-corrected chi connectivity index (χ0v) is 12.5. The molecule has 0 aliphatic heterocycles. The summed E-state index contributed by atoms with van der Waals surface area (Å²) in [6.45, 7) is 10.2. The molecule has 0 radical (unpaired) electrons. The van der Waals surface area contributed by atoms with Crippen molar-refractivity contribution < 1.29 is 4.79 Å². The van der Waals surface area contributed by atoms with Crippen molar-refractivity contribution in [3.05, 3.63) is 29.8 Å². The molecule has 1 rings (SSSR count). The Hall–Kier alpha value is -1.51. The minimum Gasteiger partial charge on any atom is -0.384 e. The Morgan fingerprint density at radius 3 is 2.47 bits per heavy atom. The molecule has 0 spiro atoms. The summed E-state index contributed by atoms with van der Waals surface area (Å²) in [5.41, 5.74) is 1.88. The highest BCUT2D eigenvalue weighted by Crippen LogP contribution is 2.18. The molecule has 0 atom stereocenters. The van der Waals surface area contributed by atoms with Crippen LogP contribution >= 0.6 is 0 Å². The molecule has 0 saturated heterocycles. The monoisotopic (exact) mass is 262 g/mol. The first-order valence-corrected chi connectivity index (χ1v) is 7.05. The number of hydrogen-bond acceptors (Lipinski definition) is 2. The molecule has 0 heterocycles. The van der Waals surface area contributed by atoms with Crippen LogP contribution in [0.25, 0.3) is 0 Å². The summed E-state index contributed by atoms with van der Waals surface area (Å²) in [7, 11) is 0. The number of benzene rings is 1. The van der Waals surface area contributed by atoms with Crippen molar-refractivity contribution in [1.29, 1.82) is 0 Å². The van der Waals surface area contributed by atoms with Crippen molar-refractivity contribution in [1.82, 2.24) is 5.32 Å². The van der Waals surface area contributed by atoms with Gasteiger partial charge in [0.15, 0.2) is 0 Å². The number of rotatable bonds is 6. The standard InChI is InChI=1S/C16H26N2O/c1-5-11-17-14-9-7-6-8-13(14)15(19)18-12-10-16(2,3)4/h6-9,17H,5,10-12H2,1-4H3,(H,18,19). The van der Waals surface area contributed by atoms with E-state index in [2.05, 4.69) is 38.3 Å². The van der Waals surface area contributed by atoms with Crippen LogP contribution in [0.2, 0.25) is 0 Å². The highest BCUT2D eigenvalue weighted by molar-refractivity contribution is 5.99. The summed E-state index contributed by atoms with van der Waals surface area (Å²) >= 11 is 0. The molecule has 0 unspecified atom stereocenters. The molecule has 0 bridgehead atoms. The molecule has 106 valence electrons. The molecule has 19 heavy (non-hydrogen) atoms.